The van der Waals surface area contributed by atoms with Gasteiger partial charge in [0.15, 0.2) is 12.2 Å². The fourth-order valence-electron chi connectivity index (χ4n) is 6.70. The number of aromatic amines is 1. The van der Waals surface area contributed by atoms with E-state index in [0.717, 1.165) is 30.5 Å². The second kappa shape index (κ2) is 14.3. The van der Waals surface area contributed by atoms with E-state index in [0.29, 0.717) is 36.0 Å². The molecule has 2 unspecified atom stereocenters. The molecule has 0 bridgehead atoms. The minimum absolute atomic E-state index is 0.0356. The van der Waals surface area contributed by atoms with E-state index in [4.69, 9.17) is 14.2 Å². The number of aromatic nitrogens is 1. The first-order chi connectivity index (χ1) is 22.6. The normalized spacial score (nSPS) is 22.7. The van der Waals surface area contributed by atoms with E-state index in [1.54, 1.807) is 12.1 Å². The minimum Gasteiger partial charge on any atom is -0.494 e. The first-order valence-electron chi connectivity index (χ1n) is 16.4. The van der Waals surface area contributed by atoms with Crippen LogP contribution in [0.15, 0.2) is 58.4 Å². The van der Waals surface area contributed by atoms with Crippen molar-refractivity contribution < 1.29 is 37.6 Å². The number of aliphatic hydroxyl groups excluding tert-OH is 1. The van der Waals surface area contributed by atoms with Gasteiger partial charge in [-0.05, 0) is 61.8 Å². The van der Waals surface area contributed by atoms with Crippen LogP contribution in [0.3, 0.4) is 0 Å². The van der Waals surface area contributed by atoms with Crippen LogP contribution < -0.4 is 5.32 Å². The highest BCUT2D eigenvalue weighted by Gasteiger charge is 2.44. The molecule has 2 fully saturated rings. The van der Waals surface area contributed by atoms with Crippen molar-refractivity contribution in [2.75, 3.05) is 32.8 Å². The summed E-state index contributed by atoms with van der Waals surface area (Å²) in [7, 11) is -4.12. The number of H-pyrrole nitrogens is 1. The summed E-state index contributed by atoms with van der Waals surface area (Å²) in [6.07, 6.45) is 0.764. The second-order valence-electron chi connectivity index (χ2n) is 13.0. The van der Waals surface area contributed by atoms with Crippen LogP contribution in [0.25, 0.3) is 10.9 Å². The van der Waals surface area contributed by atoms with E-state index in [2.05, 4.69) is 15.3 Å². The lowest BCUT2D eigenvalue weighted by atomic mass is 10.0. The van der Waals surface area contributed by atoms with Crippen LogP contribution in [-0.4, -0.2) is 97.1 Å². The summed E-state index contributed by atoms with van der Waals surface area (Å²) in [5.74, 6) is -0.139. The minimum atomic E-state index is -4.12. The average molecular weight is 669 g/mol. The molecule has 0 radical (unpaired) electrons. The molecule has 13 heteroatoms. The van der Waals surface area contributed by atoms with Crippen molar-refractivity contribution in [3.8, 4) is 5.88 Å². The topological polar surface area (TPSA) is 163 Å². The zero-order valence-electron chi connectivity index (χ0n) is 26.8. The predicted octanol–water partition coefficient (Wildman–Crippen LogP) is 3.95. The Labute approximate surface area is 275 Å². The summed E-state index contributed by atoms with van der Waals surface area (Å²) in [5, 5.41) is 25.8. The van der Waals surface area contributed by atoms with Crippen molar-refractivity contribution >= 4 is 32.7 Å². The summed E-state index contributed by atoms with van der Waals surface area (Å²) in [6.45, 7) is 5.12. The number of carbonyl (C=O) groups excluding carboxylic acids is 1. The molecule has 4 heterocycles. The Hall–Kier alpha value is -3.49. The predicted molar refractivity (Wildman–Crippen MR) is 176 cm³/mol. The van der Waals surface area contributed by atoms with E-state index in [1.807, 2.05) is 44.2 Å². The Morgan fingerprint density at radius 1 is 1.15 bits per heavy atom. The van der Waals surface area contributed by atoms with Gasteiger partial charge < -0.3 is 34.7 Å². The molecule has 2 aromatic carbocycles. The molecular weight excluding hydrogens is 624 g/mol. The number of aliphatic hydroxyl groups is 1. The molecule has 12 nitrogen and oxygen atoms in total. The first kappa shape index (κ1) is 33.4. The third kappa shape index (κ3) is 7.49. The maximum absolute atomic E-state index is 14.3. The van der Waals surface area contributed by atoms with Gasteiger partial charge in [0.25, 0.3) is 0 Å². The number of aromatic hydroxyl groups is 1. The van der Waals surface area contributed by atoms with Crippen molar-refractivity contribution in [3.63, 3.8) is 0 Å². The maximum Gasteiger partial charge on any atom is 0.407 e. The Kier molecular flexibility index (Phi) is 10.2. The van der Waals surface area contributed by atoms with E-state index in [1.165, 1.54) is 10.4 Å². The highest BCUT2D eigenvalue weighted by molar-refractivity contribution is 7.89. The van der Waals surface area contributed by atoms with Crippen LogP contribution in [-0.2, 0) is 30.7 Å². The number of carbonyl (C=O) groups is 1. The van der Waals surface area contributed by atoms with E-state index in [9.17, 15) is 23.4 Å². The molecule has 3 aromatic rings. The molecule has 1 aromatic heterocycles. The summed E-state index contributed by atoms with van der Waals surface area (Å²) < 4.78 is 46.6. The summed E-state index contributed by atoms with van der Waals surface area (Å²) in [5.41, 5.74) is 2.75. The van der Waals surface area contributed by atoms with Gasteiger partial charge in [0, 0.05) is 36.2 Å². The number of hydrogen-bond acceptors (Lipinski definition) is 9. The number of aliphatic imine (C=N–C) groups is 1. The average Bonchev–Trinajstić information content (AvgIpc) is 3.76. The number of fused-ring (bicyclic) bond motifs is 2. The fraction of sp³-hybridized carbons (Fsp3) is 0.529. The number of rotatable bonds is 12. The molecule has 3 aliphatic heterocycles. The Morgan fingerprint density at radius 3 is 2.70 bits per heavy atom. The van der Waals surface area contributed by atoms with Crippen LogP contribution in [0.1, 0.15) is 50.7 Å². The van der Waals surface area contributed by atoms with E-state index < -0.39 is 34.4 Å². The van der Waals surface area contributed by atoms with Gasteiger partial charge in [0.1, 0.15) is 6.10 Å². The van der Waals surface area contributed by atoms with Crippen LogP contribution in [0.2, 0.25) is 0 Å². The monoisotopic (exact) mass is 668 g/mol. The number of ether oxygens (including phenoxy) is 3. The zero-order valence-corrected chi connectivity index (χ0v) is 27.6. The molecule has 0 saturated carbocycles. The van der Waals surface area contributed by atoms with Crippen LogP contribution >= 0.6 is 0 Å². The Balaban J connectivity index is 1.25. The molecule has 4 N–H and O–H groups in total. The van der Waals surface area contributed by atoms with Gasteiger partial charge in [0.2, 0.25) is 10.0 Å². The first-order valence-corrected chi connectivity index (χ1v) is 17.8. The van der Waals surface area contributed by atoms with Crippen molar-refractivity contribution in [2.24, 2.45) is 16.8 Å². The third-order valence-electron chi connectivity index (χ3n) is 9.07. The van der Waals surface area contributed by atoms with Gasteiger partial charge in [-0.15, -0.1) is 0 Å². The maximum atomic E-state index is 14.3. The number of alkyl carbamates (subject to hydrolysis) is 1. The lowest BCUT2D eigenvalue weighted by molar-refractivity contribution is -0.0907. The number of nitrogens with one attached hydrogen (secondary N) is 2. The number of hydrogen-bond donors (Lipinski definition) is 4. The van der Waals surface area contributed by atoms with Gasteiger partial charge in [-0.3, -0.25) is 4.99 Å². The lowest BCUT2D eigenvalue weighted by Crippen LogP contribution is -2.51. The molecule has 5 atom stereocenters. The summed E-state index contributed by atoms with van der Waals surface area (Å²) in [4.78, 5) is 20.7. The molecule has 3 aliphatic rings. The Morgan fingerprint density at radius 2 is 1.96 bits per heavy atom. The third-order valence-corrected chi connectivity index (χ3v) is 10.9. The zero-order chi connectivity index (χ0) is 33.1. The van der Waals surface area contributed by atoms with Gasteiger partial charge >= 0.3 is 6.09 Å². The van der Waals surface area contributed by atoms with Gasteiger partial charge in [-0.25, -0.2) is 13.2 Å². The molecule has 6 rings (SSSR count). The smallest absolute Gasteiger partial charge is 0.407 e. The molecule has 0 spiro atoms. The number of sulfonamides is 1. The van der Waals surface area contributed by atoms with Crippen LogP contribution in [0, 0.1) is 11.8 Å². The van der Waals surface area contributed by atoms with Crippen molar-refractivity contribution in [1.29, 1.82) is 0 Å². The van der Waals surface area contributed by atoms with Crippen LogP contribution in [0.4, 0.5) is 4.79 Å². The number of nitrogens with zero attached hydrogens (tertiary/aromatic N) is 2. The quantitative estimate of drug-likeness (QED) is 0.226. The standard InChI is InChI=1S/C34H44N4O8S/c1-21(2)18-38(47(42,43)23-11-12-26-25(17-23)31(32(40)36-26)27-10-6-7-14-35-27)19-29(39)28(16-22-8-4-3-5-9-22)37-34(41)46-30-20-45-33-24(30)13-15-44-33/h3-5,8-9,11-12,17,21,24,28-30,33,36,39-40H,6-7,10,13-16,18-20H2,1-2H3,(H,37,41)/t24?,28-,29+,30-,33?/m0/s1. The summed E-state index contributed by atoms with van der Waals surface area (Å²) >= 11 is 0. The fourth-order valence-corrected chi connectivity index (χ4v) is 8.34. The number of amides is 1. The lowest BCUT2D eigenvalue weighted by Gasteiger charge is -2.31. The second-order valence-corrected chi connectivity index (χ2v) is 15.0. The van der Waals surface area contributed by atoms with Gasteiger partial charge in [-0.2, -0.15) is 4.31 Å². The van der Waals surface area contributed by atoms with E-state index in [-0.39, 0.29) is 55.0 Å². The SMILES string of the molecule is CC(C)CN(C[C@@H](O)[C@H](Cc1ccccc1)NC(=O)O[C@H]1COC2OCCC21)S(=O)(=O)c1ccc2[nH]c(O)c(C3=NCCCC3)c2c1. The number of benzene rings is 2. The van der Waals surface area contributed by atoms with Gasteiger partial charge in [0.05, 0.1) is 41.7 Å². The highest BCUT2D eigenvalue weighted by atomic mass is 32.2. The molecule has 0 aliphatic carbocycles. The molecule has 47 heavy (non-hydrogen) atoms. The van der Waals surface area contributed by atoms with E-state index >= 15 is 0 Å². The van der Waals surface area contributed by atoms with Gasteiger partial charge in [-0.1, -0.05) is 44.2 Å². The van der Waals surface area contributed by atoms with Crippen LogP contribution in [0.5, 0.6) is 5.88 Å². The summed E-state index contributed by atoms with van der Waals surface area (Å²) in [6, 6.07) is 13.2. The molecule has 1 amide bonds. The largest absolute Gasteiger partial charge is 0.494 e. The van der Waals surface area contributed by atoms with Crippen molar-refractivity contribution in [3.05, 3.63) is 59.7 Å². The molecular formula is C34H44N4O8S. The molecule has 2 saturated heterocycles. The Bertz CT molecular complexity index is 1690. The van der Waals surface area contributed by atoms with Crippen molar-refractivity contribution in [1.82, 2.24) is 14.6 Å². The highest BCUT2D eigenvalue weighted by Crippen LogP contribution is 2.34. The molecule has 254 valence electrons. The van der Waals surface area contributed by atoms with Crippen molar-refractivity contribution in [2.45, 2.75) is 75.4 Å².